The summed E-state index contributed by atoms with van der Waals surface area (Å²) in [7, 11) is 0. The summed E-state index contributed by atoms with van der Waals surface area (Å²) in [4.78, 5) is 15.1. The van der Waals surface area contributed by atoms with E-state index in [-0.39, 0.29) is 0 Å². The third-order valence-corrected chi connectivity index (χ3v) is 3.42. The molecule has 3 nitrogen and oxygen atoms in total. The van der Waals surface area contributed by atoms with Crippen molar-refractivity contribution in [2.45, 2.75) is 12.8 Å². The number of carboxylic acid groups (broad SMARTS) is 1. The molecule has 3 heteroatoms. The molecule has 1 aliphatic rings. The summed E-state index contributed by atoms with van der Waals surface area (Å²) in [5.74, 6) is -0.885. The van der Waals surface area contributed by atoms with Crippen molar-refractivity contribution < 1.29 is 9.90 Å². The van der Waals surface area contributed by atoms with Crippen molar-refractivity contribution in [3.8, 4) is 0 Å². The SMILES string of the molecule is O=C(O)c1ccc2c(c1)C=C(c1cccnc1)CC2. The first kappa shape index (κ1) is 11.7. The zero-order valence-electron chi connectivity index (χ0n) is 10.3. The highest BCUT2D eigenvalue weighted by Gasteiger charge is 2.14. The van der Waals surface area contributed by atoms with Gasteiger partial charge in [-0.25, -0.2) is 4.79 Å². The fraction of sp³-hybridized carbons (Fsp3) is 0.125. The van der Waals surface area contributed by atoms with Crippen LogP contribution in [0.25, 0.3) is 11.6 Å². The molecular formula is C16H13NO2. The molecule has 0 spiro atoms. The summed E-state index contributed by atoms with van der Waals surface area (Å²) in [5.41, 5.74) is 4.86. The summed E-state index contributed by atoms with van der Waals surface area (Å²) in [6.45, 7) is 0. The van der Waals surface area contributed by atoms with Crippen LogP contribution in [0.4, 0.5) is 0 Å². The second kappa shape index (κ2) is 4.69. The molecule has 1 N–H and O–H groups in total. The summed E-state index contributed by atoms with van der Waals surface area (Å²) >= 11 is 0. The lowest BCUT2D eigenvalue weighted by molar-refractivity contribution is 0.0697. The average Bonchev–Trinajstić information content (AvgIpc) is 2.47. The standard InChI is InChI=1S/C16H13NO2/c18-16(19)13-6-4-11-3-5-12(8-15(11)9-13)14-2-1-7-17-10-14/h1-2,4,6-10H,3,5H2,(H,18,19). The van der Waals surface area contributed by atoms with E-state index >= 15 is 0 Å². The minimum atomic E-state index is -0.885. The summed E-state index contributed by atoms with van der Waals surface area (Å²) in [6, 6.07) is 9.27. The first-order valence-electron chi connectivity index (χ1n) is 6.21. The van der Waals surface area contributed by atoms with E-state index in [0.29, 0.717) is 5.56 Å². The molecular weight excluding hydrogens is 238 g/mol. The lowest BCUT2D eigenvalue weighted by Crippen LogP contribution is -2.03. The number of hydrogen-bond donors (Lipinski definition) is 1. The lowest BCUT2D eigenvalue weighted by atomic mass is 9.88. The van der Waals surface area contributed by atoms with E-state index in [1.807, 2.05) is 24.4 Å². The van der Waals surface area contributed by atoms with Crippen molar-refractivity contribution in [3.05, 3.63) is 65.0 Å². The Morgan fingerprint density at radius 3 is 2.84 bits per heavy atom. The van der Waals surface area contributed by atoms with Gasteiger partial charge in [-0.05, 0) is 53.3 Å². The van der Waals surface area contributed by atoms with Gasteiger partial charge in [0.05, 0.1) is 5.56 Å². The normalized spacial score (nSPS) is 13.6. The molecule has 1 aromatic heterocycles. The van der Waals surface area contributed by atoms with Crippen LogP contribution in [-0.2, 0) is 6.42 Å². The minimum Gasteiger partial charge on any atom is -0.478 e. The number of aryl methyl sites for hydroxylation is 1. The summed E-state index contributed by atoms with van der Waals surface area (Å²) in [5, 5.41) is 9.04. The van der Waals surface area contributed by atoms with E-state index < -0.39 is 5.97 Å². The van der Waals surface area contributed by atoms with Crippen LogP contribution in [0.5, 0.6) is 0 Å². The second-order valence-corrected chi connectivity index (χ2v) is 4.63. The highest BCUT2D eigenvalue weighted by molar-refractivity contribution is 5.91. The van der Waals surface area contributed by atoms with Gasteiger partial charge < -0.3 is 5.11 Å². The molecule has 3 rings (SSSR count). The minimum absolute atomic E-state index is 0.336. The van der Waals surface area contributed by atoms with Gasteiger partial charge in [0, 0.05) is 12.4 Å². The van der Waals surface area contributed by atoms with Crippen LogP contribution in [0.3, 0.4) is 0 Å². The number of fused-ring (bicyclic) bond motifs is 1. The molecule has 94 valence electrons. The number of allylic oxidation sites excluding steroid dienone is 1. The molecule has 0 bridgehead atoms. The Hall–Kier alpha value is -2.42. The first-order chi connectivity index (χ1) is 9.24. The van der Waals surface area contributed by atoms with Crippen LogP contribution in [0.1, 0.15) is 33.5 Å². The monoisotopic (exact) mass is 251 g/mol. The maximum Gasteiger partial charge on any atom is 0.335 e. The predicted octanol–water partition coefficient (Wildman–Crippen LogP) is 3.27. The molecule has 0 atom stereocenters. The third kappa shape index (κ3) is 2.27. The average molecular weight is 251 g/mol. The van der Waals surface area contributed by atoms with Crippen LogP contribution in [0.2, 0.25) is 0 Å². The van der Waals surface area contributed by atoms with Gasteiger partial charge in [-0.1, -0.05) is 18.2 Å². The highest BCUT2D eigenvalue weighted by Crippen LogP contribution is 2.30. The van der Waals surface area contributed by atoms with Crippen LogP contribution in [0, 0.1) is 0 Å². The molecule has 0 saturated carbocycles. The van der Waals surface area contributed by atoms with E-state index in [9.17, 15) is 4.79 Å². The van der Waals surface area contributed by atoms with Crippen molar-refractivity contribution in [2.24, 2.45) is 0 Å². The number of benzene rings is 1. The molecule has 0 amide bonds. The van der Waals surface area contributed by atoms with Crippen LogP contribution in [-0.4, -0.2) is 16.1 Å². The van der Waals surface area contributed by atoms with E-state index in [4.69, 9.17) is 5.11 Å². The maximum atomic E-state index is 11.0. The number of hydrogen-bond acceptors (Lipinski definition) is 2. The Kier molecular flexibility index (Phi) is 2.88. The molecule has 1 aromatic carbocycles. The van der Waals surface area contributed by atoms with E-state index in [1.165, 1.54) is 11.1 Å². The molecule has 2 aromatic rings. The topological polar surface area (TPSA) is 50.2 Å². The van der Waals surface area contributed by atoms with Gasteiger partial charge in [-0.15, -0.1) is 0 Å². The fourth-order valence-corrected chi connectivity index (χ4v) is 2.40. The molecule has 0 fully saturated rings. The Labute approximate surface area is 111 Å². The summed E-state index contributed by atoms with van der Waals surface area (Å²) in [6.07, 6.45) is 7.57. The van der Waals surface area contributed by atoms with Gasteiger partial charge in [-0.2, -0.15) is 0 Å². The molecule has 0 radical (unpaired) electrons. The number of aromatic nitrogens is 1. The van der Waals surface area contributed by atoms with E-state index in [1.54, 1.807) is 18.3 Å². The number of pyridine rings is 1. The van der Waals surface area contributed by atoms with Crippen molar-refractivity contribution in [1.29, 1.82) is 0 Å². The van der Waals surface area contributed by atoms with Gasteiger partial charge in [0.25, 0.3) is 0 Å². The largest absolute Gasteiger partial charge is 0.478 e. The predicted molar refractivity (Wildman–Crippen MR) is 73.8 cm³/mol. The van der Waals surface area contributed by atoms with Gasteiger partial charge in [0.1, 0.15) is 0 Å². The smallest absolute Gasteiger partial charge is 0.335 e. The Morgan fingerprint density at radius 2 is 2.11 bits per heavy atom. The van der Waals surface area contributed by atoms with Crippen LogP contribution >= 0.6 is 0 Å². The van der Waals surface area contributed by atoms with Gasteiger partial charge in [0.2, 0.25) is 0 Å². The summed E-state index contributed by atoms with van der Waals surface area (Å²) < 4.78 is 0. The van der Waals surface area contributed by atoms with Crippen molar-refractivity contribution in [1.82, 2.24) is 4.98 Å². The third-order valence-electron chi connectivity index (χ3n) is 3.42. The number of rotatable bonds is 2. The van der Waals surface area contributed by atoms with Gasteiger partial charge in [0.15, 0.2) is 0 Å². The fourth-order valence-electron chi connectivity index (χ4n) is 2.40. The first-order valence-corrected chi connectivity index (χ1v) is 6.21. The number of carboxylic acids is 1. The Bertz CT molecular complexity index is 660. The molecule has 0 saturated heterocycles. The number of nitrogens with zero attached hydrogens (tertiary/aromatic N) is 1. The highest BCUT2D eigenvalue weighted by atomic mass is 16.4. The molecule has 1 heterocycles. The lowest BCUT2D eigenvalue weighted by Gasteiger charge is -2.17. The van der Waals surface area contributed by atoms with Gasteiger partial charge >= 0.3 is 5.97 Å². The molecule has 0 unspecified atom stereocenters. The number of carbonyl (C=O) groups is 1. The van der Waals surface area contributed by atoms with Crippen LogP contribution < -0.4 is 0 Å². The van der Waals surface area contributed by atoms with Crippen molar-refractivity contribution in [3.63, 3.8) is 0 Å². The maximum absolute atomic E-state index is 11.0. The second-order valence-electron chi connectivity index (χ2n) is 4.63. The van der Waals surface area contributed by atoms with E-state index in [0.717, 1.165) is 24.0 Å². The van der Waals surface area contributed by atoms with E-state index in [2.05, 4.69) is 11.1 Å². The van der Waals surface area contributed by atoms with Gasteiger partial charge in [-0.3, -0.25) is 4.98 Å². The zero-order chi connectivity index (χ0) is 13.2. The quantitative estimate of drug-likeness (QED) is 0.891. The van der Waals surface area contributed by atoms with Crippen molar-refractivity contribution >= 4 is 17.6 Å². The molecule has 1 aliphatic carbocycles. The molecule has 19 heavy (non-hydrogen) atoms. The zero-order valence-corrected chi connectivity index (χ0v) is 10.3. The van der Waals surface area contributed by atoms with Crippen molar-refractivity contribution in [2.75, 3.05) is 0 Å². The Morgan fingerprint density at radius 1 is 1.21 bits per heavy atom. The number of aromatic carboxylic acids is 1. The van der Waals surface area contributed by atoms with Crippen LogP contribution in [0.15, 0.2) is 42.7 Å². The molecule has 0 aliphatic heterocycles. The Balaban J connectivity index is 2.04.